The van der Waals surface area contributed by atoms with Gasteiger partial charge >= 0.3 is 0 Å². The molecule has 0 fully saturated rings. The van der Waals surface area contributed by atoms with Crippen LogP contribution in [0.1, 0.15) is 28.3 Å². The predicted molar refractivity (Wildman–Crippen MR) is 79.6 cm³/mol. The summed E-state index contributed by atoms with van der Waals surface area (Å²) in [7, 11) is 0. The third-order valence-electron chi connectivity index (χ3n) is 2.50. The molecule has 0 aliphatic rings. The summed E-state index contributed by atoms with van der Waals surface area (Å²) in [5, 5.41) is 10.3. The minimum absolute atomic E-state index is 0.547. The van der Waals surface area contributed by atoms with Crippen LogP contribution in [0.25, 0.3) is 0 Å². The zero-order valence-electron chi connectivity index (χ0n) is 9.28. The number of hydrogen-bond acceptors (Lipinski definition) is 2. The van der Waals surface area contributed by atoms with Crippen molar-refractivity contribution in [3.63, 3.8) is 0 Å². The molecule has 0 aliphatic carbocycles. The third kappa shape index (κ3) is 3.19. The molecule has 1 atom stereocenters. The number of aliphatic hydroxyl groups is 1. The lowest BCUT2D eigenvalue weighted by Crippen LogP contribution is -1.96. The van der Waals surface area contributed by atoms with Crippen LogP contribution in [0.2, 0.25) is 0 Å². The van der Waals surface area contributed by atoms with Crippen molar-refractivity contribution >= 4 is 43.2 Å². The Morgan fingerprint density at radius 1 is 1.18 bits per heavy atom. The van der Waals surface area contributed by atoms with Gasteiger partial charge in [-0.25, -0.2) is 0 Å². The molecule has 4 heteroatoms. The maximum absolute atomic E-state index is 10.3. The van der Waals surface area contributed by atoms with E-state index in [1.54, 1.807) is 11.3 Å². The molecule has 0 bridgehead atoms. The molecule has 1 aromatic carbocycles. The van der Waals surface area contributed by atoms with Gasteiger partial charge in [0.25, 0.3) is 0 Å². The van der Waals surface area contributed by atoms with Crippen molar-refractivity contribution in [2.24, 2.45) is 0 Å². The zero-order valence-corrected chi connectivity index (χ0v) is 13.3. The van der Waals surface area contributed by atoms with E-state index >= 15 is 0 Å². The number of thiophene rings is 1. The van der Waals surface area contributed by atoms with Crippen molar-refractivity contribution in [1.29, 1.82) is 0 Å². The average molecular weight is 376 g/mol. The Labute approximate surface area is 122 Å². The van der Waals surface area contributed by atoms with Crippen LogP contribution < -0.4 is 0 Å². The second-order valence-electron chi connectivity index (χ2n) is 3.76. The molecule has 0 amide bonds. The van der Waals surface area contributed by atoms with Gasteiger partial charge in [-0.3, -0.25) is 0 Å². The van der Waals surface area contributed by atoms with Crippen LogP contribution >= 0.6 is 43.2 Å². The summed E-state index contributed by atoms with van der Waals surface area (Å²) >= 11 is 8.54. The highest BCUT2D eigenvalue weighted by Gasteiger charge is 2.13. The second kappa shape index (κ2) is 5.65. The van der Waals surface area contributed by atoms with Gasteiger partial charge < -0.3 is 5.11 Å². The molecular formula is C13H12Br2OS. The highest BCUT2D eigenvalue weighted by Crippen LogP contribution is 2.31. The van der Waals surface area contributed by atoms with Gasteiger partial charge in [0.1, 0.15) is 6.10 Å². The number of hydrogen-bond donors (Lipinski definition) is 1. The van der Waals surface area contributed by atoms with Crippen LogP contribution in [-0.2, 0) is 6.42 Å². The van der Waals surface area contributed by atoms with E-state index in [1.165, 1.54) is 4.88 Å². The van der Waals surface area contributed by atoms with Gasteiger partial charge in [-0.15, -0.1) is 11.3 Å². The zero-order chi connectivity index (χ0) is 12.4. The number of benzene rings is 1. The van der Waals surface area contributed by atoms with Gasteiger partial charge in [-0.1, -0.05) is 38.8 Å². The van der Waals surface area contributed by atoms with E-state index in [2.05, 4.69) is 44.8 Å². The van der Waals surface area contributed by atoms with Gasteiger partial charge in [0.05, 0.1) is 0 Å². The lowest BCUT2D eigenvalue weighted by molar-refractivity contribution is 0.224. The van der Waals surface area contributed by atoms with Gasteiger partial charge in [0.15, 0.2) is 0 Å². The van der Waals surface area contributed by atoms with Gasteiger partial charge in [-0.05, 0) is 42.3 Å². The quantitative estimate of drug-likeness (QED) is 0.807. The first-order chi connectivity index (χ1) is 8.10. The first-order valence-electron chi connectivity index (χ1n) is 5.33. The molecule has 1 nitrogen and oxygen atoms in total. The lowest BCUT2D eigenvalue weighted by atomic mass is 10.1. The Hall–Kier alpha value is -0.160. The maximum atomic E-state index is 10.3. The van der Waals surface area contributed by atoms with E-state index in [4.69, 9.17) is 0 Å². The molecule has 0 spiro atoms. The van der Waals surface area contributed by atoms with E-state index in [9.17, 15) is 5.11 Å². The molecule has 1 heterocycles. The number of rotatable bonds is 3. The molecule has 1 N–H and O–H groups in total. The molecule has 0 aliphatic heterocycles. The highest BCUT2D eigenvalue weighted by atomic mass is 79.9. The van der Waals surface area contributed by atoms with Gasteiger partial charge in [0, 0.05) is 18.7 Å². The van der Waals surface area contributed by atoms with Crippen molar-refractivity contribution in [2.45, 2.75) is 19.4 Å². The summed E-state index contributed by atoms with van der Waals surface area (Å²) < 4.78 is 1.93. The van der Waals surface area contributed by atoms with Gasteiger partial charge in [-0.2, -0.15) is 0 Å². The van der Waals surface area contributed by atoms with E-state index in [1.807, 2.05) is 24.3 Å². The molecule has 2 rings (SSSR count). The number of aliphatic hydroxyl groups excluding tert-OH is 1. The van der Waals surface area contributed by atoms with E-state index in [0.29, 0.717) is 0 Å². The highest BCUT2D eigenvalue weighted by molar-refractivity contribution is 9.11. The summed E-state index contributed by atoms with van der Waals surface area (Å²) in [4.78, 5) is 2.29. The summed E-state index contributed by atoms with van der Waals surface area (Å²) in [5.41, 5.74) is 0.899. The Morgan fingerprint density at radius 2 is 1.82 bits per heavy atom. The summed E-state index contributed by atoms with van der Waals surface area (Å²) in [6, 6.07) is 9.93. The fourth-order valence-electron chi connectivity index (χ4n) is 1.63. The summed E-state index contributed by atoms with van der Waals surface area (Å²) in [6.45, 7) is 2.12. The van der Waals surface area contributed by atoms with Crippen molar-refractivity contribution in [3.8, 4) is 0 Å². The first kappa shape index (κ1) is 13.3. The molecule has 17 heavy (non-hydrogen) atoms. The Balaban J connectivity index is 2.32. The second-order valence-corrected chi connectivity index (χ2v) is 6.79. The van der Waals surface area contributed by atoms with Crippen molar-refractivity contribution in [3.05, 3.63) is 54.6 Å². The molecule has 0 saturated carbocycles. The first-order valence-corrected chi connectivity index (χ1v) is 7.73. The molecule has 0 radical (unpaired) electrons. The van der Waals surface area contributed by atoms with Crippen molar-refractivity contribution in [2.75, 3.05) is 0 Å². The summed E-state index contributed by atoms with van der Waals surface area (Å²) in [6.07, 6.45) is 0.466. The molecule has 90 valence electrons. The van der Waals surface area contributed by atoms with Crippen LogP contribution in [0.3, 0.4) is 0 Å². The third-order valence-corrected chi connectivity index (χ3v) is 4.70. The van der Waals surface area contributed by atoms with Crippen LogP contribution in [0.15, 0.2) is 39.3 Å². The molecule has 1 unspecified atom stereocenters. The lowest BCUT2D eigenvalue weighted by Gasteiger charge is -2.10. The minimum Gasteiger partial charge on any atom is -0.383 e. The number of halogens is 2. The molecule has 1 aromatic heterocycles. The SMILES string of the molecule is CCc1ccc(C(O)c2cc(Br)cc(Br)c2)s1. The number of aryl methyl sites for hydroxylation is 1. The maximum Gasteiger partial charge on any atom is 0.113 e. The standard InChI is InChI=1S/C13H12Br2OS/c1-2-11-3-4-12(17-11)13(16)8-5-9(14)7-10(15)6-8/h3-7,13,16H,2H2,1H3. The summed E-state index contributed by atoms with van der Waals surface area (Å²) in [5.74, 6) is 0. The normalized spacial score (nSPS) is 12.7. The van der Waals surface area contributed by atoms with Crippen LogP contribution in [0.4, 0.5) is 0 Å². The van der Waals surface area contributed by atoms with E-state index < -0.39 is 6.10 Å². The average Bonchev–Trinajstić information content (AvgIpc) is 2.75. The van der Waals surface area contributed by atoms with Crippen molar-refractivity contribution in [1.82, 2.24) is 0 Å². The predicted octanol–water partition coefficient (Wildman–Crippen LogP) is 4.92. The Morgan fingerprint density at radius 3 is 2.35 bits per heavy atom. The topological polar surface area (TPSA) is 20.2 Å². The largest absolute Gasteiger partial charge is 0.383 e. The van der Waals surface area contributed by atoms with Crippen LogP contribution in [0, 0.1) is 0 Å². The van der Waals surface area contributed by atoms with Gasteiger partial charge in [0.2, 0.25) is 0 Å². The fourth-order valence-corrected chi connectivity index (χ4v) is 3.92. The van der Waals surface area contributed by atoms with Crippen molar-refractivity contribution < 1.29 is 5.11 Å². The van der Waals surface area contributed by atoms with E-state index in [-0.39, 0.29) is 0 Å². The Bertz CT molecular complexity index is 502. The molecule has 0 saturated heterocycles. The monoisotopic (exact) mass is 374 g/mol. The molecular weight excluding hydrogens is 364 g/mol. The van der Waals surface area contributed by atoms with Crippen LogP contribution in [0.5, 0.6) is 0 Å². The van der Waals surface area contributed by atoms with E-state index in [0.717, 1.165) is 25.8 Å². The fraction of sp³-hybridized carbons (Fsp3) is 0.231. The Kier molecular flexibility index (Phi) is 4.42. The molecule has 2 aromatic rings. The smallest absolute Gasteiger partial charge is 0.113 e. The minimum atomic E-state index is -0.547. The van der Waals surface area contributed by atoms with Crippen LogP contribution in [-0.4, -0.2) is 5.11 Å².